The molecule has 0 aliphatic carbocycles. The van der Waals surface area contributed by atoms with Crippen LogP contribution in [0.1, 0.15) is 39.5 Å². The molecule has 1 aliphatic heterocycles. The molecule has 5 nitrogen and oxygen atoms in total. The molecule has 1 N–H and O–H groups in total. The van der Waals surface area contributed by atoms with Gasteiger partial charge in [0.2, 0.25) is 0 Å². The third-order valence-electron chi connectivity index (χ3n) is 5.99. The Morgan fingerprint density at radius 2 is 1.67 bits per heavy atom. The minimum absolute atomic E-state index is 0.141. The van der Waals surface area contributed by atoms with E-state index >= 15 is 0 Å². The number of halogens is 4. The fourth-order valence-electron chi connectivity index (χ4n) is 4.35. The summed E-state index contributed by atoms with van der Waals surface area (Å²) in [5.41, 5.74) is 1.31. The Morgan fingerprint density at radius 3 is 2.28 bits per heavy atom. The van der Waals surface area contributed by atoms with E-state index in [2.05, 4.69) is 15.9 Å². The lowest BCUT2D eigenvalue weighted by atomic mass is 9.91. The molecule has 0 unspecified atom stereocenters. The van der Waals surface area contributed by atoms with Crippen LogP contribution in [0.15, 0.2) is 71.2 Å². The Balaban J connectivity index is 1.51. The lowest BCUT2D eigenvalue weighted by Gasteiger charge is -2.24. The van der Waals surface area contributed by atoms with Gasteiger partial charge in [0.1, 0.15) is 17.9 Å². The van der Waals surface area contributed by atoms with Crippen LogP contribution < -0.4 is 4.74 Å². The van der Waals surface area contributed by atoms with Gasteiger partial charge in [0.25, 0.3) is 5.91 Å². The van der Waals surface area contributed by atoms with Gasteiger partial charge in [0, 0.05) is 29.4 Å². The van der Waals surface area contributed by atoms with E-state index in [1.807, 2.05) is 31.2 Å². The number of carbonyl (C=O) groups excluding carboxylic acids is 1. The van der Waals surface area contributed by atoms with Crippen molar-refractivity contribution in [2.75, 3.05) is 6.54 Å². The van der Waals surface area contributed by atoms with Crippen LogP contribution in [-0.4, -0.2) is 34.0 Å². The topological polar surface area (TPSA) is 66.8 Å². The summed E-state index contributed by atoms with van der Waals surface area (Å²) in [6.45, 7) is 1.27. The molecule has 3 aromatic carbocycles. The maximum Gasteiger partial charge on any atom is 0.416 e. The zero-order valence-electron chi connectivity index (χ0n) is 19.3. The van der Waals surface area contributed by atoms with Crippen molar-refractivity contribution in [3.8, 4) is 5.75 Å². The van der Waals surface area contributed by atoms with Crippen LogP contribution in [0, 0.1) is 0 Å². The molecular formula is C27H23BrF3NO4. The second-order valence-corrected chi connectivity index (χ2v) is 10.0. The number of carboxylic acids is 1. The van der Waals surface area contributed by atoms with Crippen LogP contribution in [0.4, 0.5) is 13.2 Å². The Labute approximate surface area is 214 Å². The van der Waals surface area contributed by atoms with E-state index in [9.17, 15) is 27.9 Å². The average molecular weight is 562 g/mol. The molecule has 9 heteroatoms. The SMILES string of the molecule is C[C@@]1(Cc2ccc(Br)cc2)Cc2cc(C(=O)N(CC(=O)O)Cc3ccc(C(F)(F)F)cc3)ccc2O1. The van der Waals surface area contributed by atoms with E-state index in [1.165, 1.54) is 12.1 Å². The quantitative estimate of drug-likeness (QED) is 0.376. The second kappa shape index (κ2) is 9.97. The van der Waals surface area contributed by atoms with Crippen molar-refractivity contribution in [2.24, 2.45) is 0 Å². The van der Waals surface area contributed by atoms with Gasteiger partial charge in [-0.1, -0.05) is 40.2 Å². The number of hydrogen-bond donors (Lipinski definition) is 1. The fraction of sp³-hybridized carbons (Fsp3) is 0.259. The van der Waals surface area contributed by atoms with Crippen LogP contribution >= 0.6 is 15.9 Å². The summed E-state index contributed by atoms with van der Waals surface area (Å²) in [4.78, 5) is 25.8. The summed E-state index contributed by atoms with van der Waals surface area (Å²) in [7, 11) is 0. The lowest BCUT2D eigenvalue weighted by Crippen LogP contribution is -2.35. The predicted octanol–water partition coefficient (Wildman–Crippen LogP) is 6.13. The largest absolute Gasteiger partial charge is 0.487 e. The molecule has 0 saturated carbocycles. The van der Waals surface area contributed by atoms with Crippen LogP contribution in [0.2, 0.25) is 0 Å². The van der Waals surface area contributed by atoms with Gasteiger partial charge >= 0.3 is 12.1 Å². The third-order valence-corrected chi connectivity index (χ3v) is 6.52. The molecule has 0 aromatic heterocycles. The highest BCUT2D eigenvalue weighted by Gasteiger charge is 2.36. The fourth-order valence-corrected chi connectivity index (χ4v) is 4.62. The number of carbonyl (C=O) groups is 2. The van der Waals surface area contributed by atoms with Crippen LogP contribution in [0.25, 0.3) is 0 Å². The van der Waals surface area contributed by atoms with Crippen molar-refractivity contribution in [2.45, 2.75) is 38.1 Å². The highest BCUT2D eigenvalue weighted by molar-refractivity contribution is 9.10. The van der Waals surface area contributed by atoms with Gasteiger partial charge in [0.05, 0.1) is 5.56 Å². The molecule has 4 rings (SSSR count). The predicted molar refractivity (Wildman–Crippen MR) is 131 cm³/mol. The maximum absolute atomic E-state index is 13.2. The summed E-state index contributed by atoms with van der Waals surface area (Å²) in [5.74, 6) is -1.08. The van der Waals surface area contributed by atoms with E-state index in [0.29, 0.717) is 29.7 Å². The number of ether oxygens (including phenoxy) is 1. The summed E-state index contributed by atoms with van der Waals surface area (Å²) in [5, 5.41) is 9.32. The van der Waals surface area contributed by atoms with Gasteiger partial charge in [-0.25, -0.2) is 0 Å². The molecule has 1 atom stereocenters. The first-order valence-corrected chi connectivity index (χ1v) is 11.9. The van der Waals surface area contributed by atoms with Gasteiger partial charge in [-0.15, -0.1) is 0 Å². The summed E-state index contributed by atoms with van der Waals surface area (Å²) in [6, 6.07) is 17.3. The Morgan fingerprint density at radius 1 is 1.03 bits per heavy atom. The minimum Gasteiger partial charge on any atom is -0.487 e. The molecule has 0 saturated heterocycles. The number of carboxylic acid groups (broad SMARTS) is 1. The zero-order valence-corrected chi connectivity index (χ0v) is 20.9. The molecule has 1 amide bonds. The van der Waals surface area contributed by atoms with Crippen molar-refractivity contribution in [1.29, 1.82) is 0 Å². The molecule has 3 aromatic rings. The molecule has 1 aliphatic rings. The van der Waals surface area contributed by atoms with E-state index < -0.39 is 35.8 Å². The number of rotatable bonds is 7. The van der Waals surface area contributed by atoms with E-state index in [4.69, 9.17) is 4.74 Å². The molecule has 0 bridgehead atoms. The highest BCUT2D eigenvalue weighted by atomic mass is 79.9. The van der Waals surface area contributed by atoms with Crippen LogP contribution in [0.5, 0.6) is 5.75 Å². The van der Waals surface area contributed by atoms with Crippen molar-refractivity contribution < 1.29 is 32.6 Å². The number of hydrogen-bond acceptors (Lipinski definition) is 3. The van der Waals surface area contributed by atoms with E-state index in [0.717, 1.165) is 32.6 Å². The van der Waals surface area contributed by atoms with E-state index in [1.54, 1.807) is 18.2 Å². The maximum atomic E-state index is 13.2. The van der Waals surface area contributed by atoms with Gasteiger partial charge in [-0.2, -0.15) is 13.2 Å². The first-order chi connectivity index (χ1) is 16.9. The van der Waals surface area contributed by atoms with Gasteiger partial charge < -0.3 is 14.7 Å². The van der Waals surface area contributed by atoms with Gasteiger partial charge in [-0.05, 0) is 66.1 Å². The monoisotopic (exact) mass is 561 g/mol. The van der Waals surface area contributed by atoms with Crippen molar-refractivity contribution in [1.82, 2.24) is 4.90 Å². The first-order valence-electron chi connectivity index (χ1n) is 11.2. The van der Waals surface area contributed by atoms with Crippen molar-refractivity contribution >= 4 is 27.8 Å². The Kier molecular flexibility index (Phi) is 7.13. The Hall–Kier alpha value is -3.33. The molecule has 36 heavy (non-hydrogen) atoms. The van der Waals surface area contributed by atoms with Crippen molar-refractivity contribution in [3.63, 3.8) is 0 Å². The number of fused-ring (bicyclic) bond motifs is 1. The Bertz CT molecular complexity index is 1280. The summed E-state index contributed by atoms with van der Waals surface area (Å²) in [6.07, 6.45) is -3.25. The minimum atomic E-state index is -4.48. The average Bonchev–Trinajstić information content (AvgIpc) is 3.14. The van der Waals surface area contributed by atoms with Gasteiger partial charge in [0.15, 0.2) is 0 Å². The standard InChI is InChI=1S/C27H23BrF3NO4/c1-26(13-17-4-9-22(28)10-5-17)14-20-12-19(6-11-23(20)36-26)25(35)32(16-24(33)34)15-18-2-7-21(8-3-18)27(29,30)31/h2-12H,13-16H2,1H3,(H,33,34)/t26-/m1/s1. The number of nitrogens with zero attached hydrogens (tertiary/aromatic N) is 1. The number of amides is 1. The normalized spacial score (nSPS) is 16.8. The molecule has 0 spiro atoms. The van der Waals surface area contributed by atoms with Crippen LogP contribution in [0.3, 0.4) is 0 Å². The molecule has 0 fully saturated rings. The zero-order chi connectivity index (χ0) is 26.1. The molecule has 0 radical (unpaired) electrons. The first kappa shape index (κ1) is 25.8. The molecule has 188 valence electrons. The molecule has 1 heterocycles. The van der Waals surface area contributed by atoms with Crippen LogP contribution in [-0.2, 0) is 30.4 Å². The summed E-state index contributed by atoms with van der Waals surface area (Å²) >= 11 is 3.43. The van der Waals surface area contributed by atoms with Gasteiger partial charge in [-0.3, -0.25) is 9.59 Å². The lowest BCUT2D eigenvalue weighted by molar-refractivity contribution is -0.138. The third kappa shape index (κ3) is 6.07. The van der Waals surface area contributed by atoms with E-state index in [-0.39, 0.29) is 6.54 Å². The highest BCUT2D eigenvalue weighted by Crippen LogP contribution is 2.38. The van der Waals surface area contributed by atoms with Crippen molar-refractivity contribution in [3.05, 3.63) is 99.0 Å². The summed E-state index contributed by atoms with van der Waals surface area (Å²) < 4.78 is 45.7. The molecular weight excluding hydrogens is 539 g/mol. The smallest absolute Gasteiger partial charge is 0.416 e. The number of benzene rings is 3. The number of aliphatic carboxylic acids is 1. The number of alkyl halides is 3. The second-order valence-electron chi connectivity index (χ2n) is 9.10.